The van der Waals surface area contributed by atoms with Gasteiger partial charge in [0.05, 0.1) is 20.1 Å². The van der Waals surface area contributed by atoms with Crippen LogP contribution in [-0.4, -0.2) is 45.9 Å². The number of hydrogen-bond acceptors (Lipinski definition) is 5. The molecule has 3 amide bonds. The van der Waals surface area contributed by atoms with Gasteiger partial charge in [0.1, 0.15) is 11.8 Å². The van der Waals surface area contributed by atoms with Gasteiger partial charge in [-0.2, -0.15) is 0 Å². The van der Waals surface area contributed by atoms with Crippen LogP contribution in [0.15, 0.2) is 54.6 Å². The van der Waals surface area contributed by atoms with E-state index in [2.05, 4.69) is 17.7 Å². The number of hydrazine groups is 1. The van der Waals surface area contributed by atoms with Crippen LogP contribution in [0.2, 0.25) is 0 Å². The Morgan fingerprint density at radius 2 is 1.74 bits per heavy atom. The molecule has 1 fully saturated rings. The highest BCUT2D eigenvalue weighted by Crippen LogP contribution is 2.23. The van der Waals surface area contributed by atoms with Crippen molar-refractivity contribution < 1.29 is 19.1 Å². The fraction of sp³-hybridized carbons (Fsp3) is 0.360. The fourth-order valence-corrected chi connectivity index (χ4v) is 3.98. The lowest BCUT2D eigenvalue weighted by molar-refractivity contribution is -0.133. The van der Waals surface area contributed by atoms with Crippen LogP contribution in [0, 0.1) is 0 Å². The summed E-state index contributed by atoms with van der Waals surface area (Å²) < 4.78 is 5.13. The van der Waals surface area contributed by atoms with Crippen molar-refractivity contribution in [2.24, 2.45) is 0 Å². The summed E-state index contributed by atoms with van der Waals surface area (Å²) in [5.41, 5.74) is 4.24. The number of ether oxygens (including phenoxy) is 1. The monoisotopic (exact) mass is 482 g/mol. The average Bonchev–Trinajstić information content (AvgIpc) is 3.04. The highest BCUT2D eigenvalue weighted by Gasteiger charge is 2.44. The summed E-state index contributed by atoms with van der Waals surface area (Å²) in [6, 6.07) is 15.4. The number of methoxy groups -OCH3 is 1. The lowest BCUT2D eigenvalue weighted by Crippen LogP contribution is -2.49. The molecule has 1 aliphatic heterocycles. The van der Waals surface area contributed by atoms with Crippen LogP contribution in [-0.2, 0) is 20.9 Å². The molecule has 0 bridgehead atoms. The summed E-state index contributed by atoms with van der Waals surface area (Å²) in [5, 5.41) is 4.33. The van der Waals surface area contributed by atoms with Gasteiger partial charge >= 0.3 is 0 Å². The first-order valence-electron chi connectivity index (χ1n) is 11.3. The molecule has 2 aromatic carbocycles. The van der Waals surface area contributed by atoms with Gasteiger partial charge in [-0.25, -0.2) is 5.01 Å². The van der Waals surface area contributed by atoms with E-state index >= 15 is 0 Å². The minimum atomic E-state index is -0.926. The number of nitrogens with zero attached hydrogens (tertiary/aromatic N) is 2. The SMILES string of the molecule is CCCCCC(=O)NN1C(=S)N(Cc2ccccc2)C(=O)C1CC(=O)Nc1ccc(OC)cc1. The minimum Gasteiger partial charge on any atom is -0.497 e. The lowest BCUT2D eigenvalue weighted by atomic mass is 10.1. The molecule has 1 atom stereocenters. The molecule has 0 radical (unpaired) electrons. The molecular formula is C25H30N4O4S. The van der Waals surface area contributed by atoms with Crippen molar-refractivity contribution in [3.63, 3.8) is 0 Å². The number of anilines is 1. The smallest absolute Gasteiger partial charge is 0.254 e. The summed E-state index contributed by atoms with van der Waals surface area (Å²) in [6.07, 6.45) is 2.83. The maximum absolute atomic E-state index is 13.3. The van der Waals surface area contributed by atoms with E-state index in [1.165, 1.54) is 9.91 Å². The average molecular weight is 483 g/mol. The van der Waals surface area contributed by atoms with Crippen LogP contribution in [0.1, 0.15) is 44.6 Å². The van der Waals surface area contributed by atoms with Crippen molar-refractivity contribution in [2.45, 2.75) is 51.6 Å². The molecule has 0 spiro atoms. The van der Waals surface area contributed by atoms with Crippen molar-refractivity contribution in [3.8, 4) is 5.75 Å². The Hall–Kier alpha value is -3.46. The molecule has 1 heterocycles. The molecule has 0 aromatic heterocycles. The molecule has 180 valence electrons. The van der Waals surface area contributed by atoms with Gasteiger partial charge in [0.25, 0.3) is 5.91 Å². The summed E-state index contributed by atoms with van der Waals surface area (Å²) in [5.74, 6) is -0.251. The van der Waals surface area contributed by atoms with Crippen molar-refractivity contribution in [1.82, 2.24) is 15.3 Å². The Morgan fingerprint density at radius 1 is 1.03 bits per heavy atom. The first-order chi connectivity index (χ1) is 16.4. The van der Waals surface area contributed by atoms with Crippen LogP contribution in [0.5, 0.6) is 5.75 Å². The minimum absolute atomic E-state index is 0.161. The molecule has 1 aliphatic rings. The molecule has 0 saturated carbocycles. The molecule has 2 aromatic rings. The summed E-state index contributed by atoms with van der Waals surface area (Å²) >= 11 is 5.55. The van der Waals surface area contributed by atoms with E-state index in [-0.39, 0.29) is 35.8 Å². The third-order valence-electron chi connectivity index (χ3n) is 5.49. The van der Waals surface area contributed by atoms with Crippen molar-refractivity contribution in [1.29, 1.82) is 0 Å². The third kappa shape index (κ3) is 6.54. The number of amides is 3. The quantitative estimate of drug-likeness (QED) is 0.375. The van der Waals surface area contributed by atoms with E-state index < -0.39 is 6.04 Å². The number of thiocarbonyl (C=S) groups is 1. The fourth-order valence-electron chi connectivity index (χ4n) is 3.65. The van der Waals surface area contributed by atoms with Crippen LogP contribution in [0.4, 0.5) is 5.69 Å². The van der Waals surface area contributed by atoms with Gasteiger partial charge in [0.15, 0.2) is 5.11 Å². The number of nitrogens with one attached hydrogen (secondary N) is 2. The van der Waals surface area contributed by atoms with Crippen LogP contribution in [0.3, 0.4) is 0 Å². The zero-order valence-corrected chi connectivity index (χ0v) is 20.3. The second-order valence-electron chi connectivity index (χ2n) is 8.05. The van der Waals surface area contributed by atoms with Gasteiger partial charge < -0.3 is 10.1 Å². The number of hydrogen-bond donors (Lipinski definition) is 2. The van der Waals surface area contributed by atoms with Crippen molar-refractivity contribution >= 4 is 40.7 Å². The van der Waals surface area contributed by atoms with Crippen LogP contribution in [0.25, 0.3) is 0 Å². The number of carbonyl (C=O) groups excluding carboxylic acids is 3. The maximum Gasteiger partial charge on any atom is 0.254 e. The van der Waals surface area contributed by atoms with Crippen molar-refractivity contribution in [2.75, 3.05) is 12.4 Å². The van der Waals surface area contributed by atoms with E-state index in [1.54, 1.807) is 31.4 Å². The maximum atomic E-state index is 13.3. The van der Waals surface area contributed by atoms with E-state index in [9.17, 15) is 14.4 Å². The molecular weight excluding hydrogens is 452 g/mol. The summed E-state index contributed by atoms with van der Waals surface area (Å²) in [7, 11) is 1.56. The second-order valence-corrected chi connectivity index (χ2v) is 8.42. The number of unbranched alkanes of at least 4 members (excludes halogenated alkanes) is 2. The van der Waals surface area contributed by atoms with Crippen molar-refractivity contribution in [3.05, 3.63) is 60.2 Å². The number of benzene rings is 2. The Bertz CT molecular complexity index is 1010. The summed E-state index contributed by atoms with van der Waals surface area (Å²) in [4.78, 5) is 40.0. The second kappa shape index (κ2) is 12.1. The molecule has 34 heavy (non-hydrogen) atoms. The van der Waals surface area contributed by atoms with Gasteiger partial charge in [-0.1, -0.05) is 50.1 Å². The largest absolute Gasteiger partial charge is 0.497 e. The molecule has 1 saturated heterocycles. The Balaban J connectivity index is 1.73. The molecule has 2 N–H and O–H groups in total. The first-order valence-corrected chi connectivity index (χ1v) is 11.8. The Kier molecular flexibility index (Phi) is 8.98. The van der Waals surface area contributed by atoms with Crippen LogP contribution >= 0.6 is 12.2 Å². The van der Waals surface area contributed by atoms with Gasteiger partial charge in [0.2, 0.25) is 11.8 Å². The van der Waals surface area contributed by atoms with E-state index in [0.717, 1.165) is 24.8 Å². The zero-order chi connectivity index (χ0) is 24.5. The molecule has 1 unspecified atom stereocenters. The number of rotatable bonds is 11. The van der Waals surface area contributed by atoms with E-state index in [0.29, 0.717) is 17.9 Å². The van der Waals surface area contributed by atoms with Gasteiger partial charge in [0, 0.05) is 12.1 Å². The topological polar surface area (TPSA) is 91.0 Å². The lowest BCUT2D eigenvalue weighted by Gasteiger charge is -2.24. The van der Waals surface area contributed by atoms with Gasteiger partial charge in [-0.3, -0.25) is 24.7 Å². The molecule has 3 rings (SSSR count). The molecule has 9 heteroatoms. The van der Waals surface area contributed by atoms with Gasteiger partial charge in [-0.15, -0.1) is 0 Å². The predicted molar refractivity (Wildman–Crippen MR) is 134 cm³/mol. The highest BCUT2D eigenvalue weighted by atomic mass is 32.1. The Morgan fingerprint density at radius 3 is 2.38 bits per heavy atom. The first kappa shape index (κ1) is 25.2. The predicted octanol–water partition coefficient (Wildman–Crippen LogP) is 3.63. The number of carbonyl (C=O) groups is 3. The Labute approximate surface area is 205 Å². The highest BCUT2D eigenvalue weighted by molar-refractivity contribution is 7.80. The molecule has 0 aliphatic carbocycles. The zero-order valence-electron chi connectivity index (χ0n) is 19.5. The van der Waals surface area contributed by atoms with E-state index in [4.69, 9.17) is 17.0 Å². The van der Waals surface area contributed by atoms with E-state index in [1.807, 2.05) is 30.3 Å². The normalized spacial score (nSPS) is 15.4. The summed E-state index contributed by atoms with van der Waals surface area (Å²) in [6.45, 7) is 2.32. The van der Waals surface area contributed by atoms with Gasteiger partial charge in [-0.05, 0) is 48.5 Å². The van der Waals surface area contributed by atoms with Crippen LogP contribution < -0.4 is 15.5 Å². The third-order valence-corrected chi connectivity index (χ3v) is 5.91. The standard InChI is InChI=1S/C25H30N4O4S/c1-3-4-6-11-22(30)27-29-21(16-23(31)26-19-12-14-20(33-2)15-13-19)24(32)28(25(29)34)17-18-9-7-5-8-10-18/h5,7-10,12-15,21H,3-4,6,11,16-17H2,1-2H3,(H,26,31)(H,27,30). The molecule has 8 nitrogen and oxygen atoms in total.